The van der Waals surface area contributed by atoms with E-state index >= 15 is 0 Å². The van der Waals surface area contributed by atoms with Crippen molar-refractivity contribution in [3.05, 3.63) is 40.2 Å². The third-order valence-electron chi connectivity index (χ3n) is 5.92. The maximum atomic E-state index is 14.1. The summed E-state index contributed by atoms with van der Waals surface area (Å²) in [5.41, 5.74) is -1.36. The summed E-state index contributed by atoms with van der Waals surface area (Å²) in [5.74, 6) is -5.55. The van der Waals surface area contributed by atoms with Gasteiger partial charge in [0, 0.05) is 32.7 Å². The molecule has 1 aromatic carbocycles. The predicted octanol–water partition coefficient (Wildman–Crippen LogP) is 3.69. The number of carbonyl (C=O) groups is 2. The number of nitrogens with zero attached hydrogens (tertiary/aromatic N) is 3. The molecule has 1 aromatic heterocycles. The molecule has 13 heteroatoms. The van der Waals surface area contributed by atoms with Crippen LogP contribution in [0.3, 0.4) is 0 Å². The van der Waals surface area contributed by atoms with Gasteiger partial charge in [-0.25, -0.2) is 22.8 Å². The van der Waals surface area contributed by atoms with Crippen molar-refractivity contribution in [3.63, 3.8) is 0 Å². The summed E-state index contributed by atoms with van der Waals surface area (Å²) >= 11 is 0.647. The number of piperazine rings is 1. The molecule has 0 aliphatic carbocycles. The fraction of sp³-hybridized carbons (Fsp3) is 0.522. The molecule has 0 radical (unpaired) electrons. The molecular formula is C23H30F3N5O4S. The zero-order chi connectivity index (χ0) is 26.2. The summed E-state index contributed by atoms with van der Waals surface area (Å²) in [4.78, 5) is 28.7. The number of urea groups is 1. The number of carboxylic acid groups (broad SMARTS) is 1. The smallest absolute Gasteiger partial charge is 0.344 e. The van der Waals surface area contributed by atoms with Crippen LogP contribution in [0.2, 0.25) is 0 Å². The molecule has 198 valence electrons. The minimum atomic E-state index is -1.45. The molecule has 2 amide bonds. The molecule has 1 aliphatic heterocycles. The second-order valence-corrected chi connectivity index (χ2v) is 9.43. The predicted molar refractivity (Wildman–Crippen MR) is 129 cm³/mol. The summed E-state index contributed by atoms with van der Waals surface area (Å²) in [6.07, 6.45) is 2.74. The third kappa shape index (κ3) is 7.31. The number of hydrogen-bond acceptors (Lipinski definition) is 7. The summed E-state index contributed by atoms with van der Waals surface area (Å²) < 4.78 is 50.9. The Morgan fingerprint density at radius 2 is 1.86 bits per heavy atom. The van der Waals surface area contributed by atoms with E-state index in [1.165, 1.54) is 6.92 Å². The normalized spacial score (nSPS) is 14.6. The lowest BCUT2D eigenvalue weighted by Crippen LogP contribution is -2.44. The first-order valence-electron chi connectivity index (χ1n) is 11.6. The Morgan fingerprint density at radius 3 is 2.56 bits per heavy atom. The van der Waals surface area contributed by atoms with E-state index in [1.807, 2.05) is 0 Å². The quantitative estimate of drug-likeness (QED) is 0.301. The van der Waals surface area contributed by atoms with Crippen LogP contribution >= 0.6 is 11.5 Å². The summed E-state index contributed by atoms with van der Waals surface area (Å²) in [7, 11) is 2.11. The summed E-state index contributed by atoms with van der Waals surface area (Å²) in [6, 6.07) is 0.212. The van der Waals surface area contributed by atoms with Crippen molar-refractivity contribution < 1.29 is 32.6 Å². The van der Waals surface area contributed by atoms with Crippen LogP contribution in [0.25, 0.3) is 0 Å². The molecule has 1 fully saturated rings. The molecule has 1 saturated heterocycles. The Bertz CT molecular complexity index is 1080. The van der Waals surface area contributed by atoms with E-state index in [4.69, 9.17) is 4.74 Å². The number of unbranched alkanes of at least 4 members (excludes halogenated alkanes) is 2. The van der Waals surface area contributed by atoms with Crippen LogP contribution in [-0.4, -0.2) is 77.6 Å². The number of carbonyl (C=O) groups excluding carboxylic acids is 1. The number of aromatic nitrogens is 1. The van der Waals surface area contributed by atoms with Gasteiger partial charge in [-0.15, -0.1) is 0 Å². The number of halogens is 3. The SMILES string of the molecule is Cc1cc(F)c(COc2nsc(NC(=O)NCCCCCN3CCN(C)CC3)c2C(=O)O)c(F)c1F. The molecule has 3 rings (SSSR count). The van der Waals surface area contributed by atoms with Crippen LogP contribution in [-0.2, 0) is 6.61 Å². The minimum absolute atomic E-state index is 0.0962. The van der Waals surface area contributed by atoms with Crippen LogP contribution in [0.1, 0.15) is 40.7 Å². The van der Waals surface area contributed by atoms with E-state index < -0.39 is 53.1 Å². The first kappa shape index (κ1) is 27.7. The number of carboxylic acids is 1. The van der Waals surface area contributed by atoms with Gasteiger partial charge in [0.15, 0.2) is 17.2 Å². The number of anilines is 1. The van der Waals surface area contributed by atoms with Crippen molar-refractivity contribution in [2.24, 2.45) is 0 Å². The molecule has 1 aliphatic rings. The topological polar surface area (TPSA) is 107 Å². The number of ether oxygens (including phenoxy) is 1. The van der Waals surface area contributed by atoms with E-state index in [9.17, 15) is 27.9 Å². The van der Waals surface area contributed by atoms with Gasteiger partial charge < -0.3 is 25.0 Å². The van der Waals surface area contributed by atoms with Gasteiger partial charge in [-0.2, -0.15) is 4.37 Å². The van der Waals surface area contributed by atoms with E-state index in [2.05, 4.69) is 31.9 Å². The Hall–Kier alpha value is -2.90. The highest BCUT2D eigenvalue weighted by atomic mass is 32.1. The summed E-state index contributed by atoms with van der Waals surface area (Å²) in [6.45, 7) is 6.15. The zero-order valence-electron chi connectivity index (χ0n) is 20.2. The second-order valence-electron chi connectivity index (χ2n) is 8.65. The van der Waals surface area contributed by atoms with Crippen molar-refractivity contribution in [2.45, 2.75) is 32.8 Å². The molecular weight excluding hydrogens is 499 g/mol. The molecule has 0 spiro atoms. The van der Waals surface area contributed by atoms with Crippen LogP contribution < -0.4 is 15.4 Å². The number of nitrogens with one attached hydrogen (secondary N) is 2. The monoisotopic (exact) mass is 529 g/mol. The fourth-order valence-corrected chi connectivity index (χ4v) is 4.45. The number of likely N-dealkylation sites (N-methyl/N-ethyl adjacent to an activating group) is 1. The maximum absolute atomic E-state index is 14.1. The second kappa shape index (κ2) is 12.9. The average molecular weight is 530 g/mol. The molecule has 0 bridgehead atoms. The van der Waals surface area contributed by atoms with Gasteiger partial charge in [0.25, 0.3) is 0 Å². The molecule has 9 nitrogen and oxygen atoms in total. The minimum Gasteiger partial charge on any atom is -0.477 e. The van der Waals surface area contributed by atoms with Crippen LogP contribution in [0, 0.1) is 24.4 Å². The van der Waals surface area contributed by atoms with Gasteiger partial charge in [-0.3, -0.25) is 5.32 Å². The van der Waals surface area contributed by atoms with Gasteiger partial charge in [0.2, 0.25) is 5.88 Å². The van der Waals surface area contributed by atoms with Crippen LogP contribution in [0.5, 0.6) is 5.88 Å². The standard InChI is InChI=1S/C23H30F3N5O4S/c1-14-12-16(24)15(19(26)18(14)25)13-35-20-17(22(32)33)21(36-29-20)28-23(34)27-6-4-3-5-7-31-10-8-30(2)9-11-31/h12H,3-11,13H2,1-2H3,(H,32,33)(H2,27,28,34). The lowest BCUT2D eigenvalue weighted by molar-refractivity contribution is 0.0693. The van der Waals surface area contributed by atoms with Crippen molar-refractivity contribution in [1.82, 2.24) is 19.5 Å². The van der Waals surface area contributed by atoms with Gasteiger partial charge in [-0.1, -0.05) is 6.42 Å². The Morgan fingerprint density at radius 1 is 1.14 bits per heavy atom. The molecule has 36 heavy (non-hydrogen) atoms. The van der Waals surface area contributed by atoms with Gasteiger partial charge in [0.05, 0.1) is 5.56 Å². The lowest BCUT2D eigenvalue weighted by atomic mass is 10.1. The van der Waals surface area contributed by atoms with Crippen molar-refractivity contribution in [1.29, 1.82) is 0 Å². The Labute approximate surface area is 211 Å². The maximum Gasteiger partial charge on any atom is 0.344 e. The highest BCUT2D eigenvalue weighted by molar-refractivity contribution is 7.11. The molecule has 2 heterocycles. The number of amides is 2. The number of aromatic carboxylic acids is 1. The van der Waals surface area contributed by atoms with Gasteiger partial charge in [-0.05, 0) is 56.5 Å². The molecule has 0 saturated carbocycles. The van der Waals surface area contributed by atoms with E-state index in [-0.39, 0.29) is 10.6 Å². The van der Waals surface area contributed by atoms with Crippen LogP contribution in [0.4, 0.5) is 23.0 Å². The zero-order valence-corrected chi connectivity index (χ0v) is 21.0. The number of aryl methyl sites for hydroxylation is 1. The van der Waals surface area contributed by atoms with Gasteiger partial charge in [0.1, 0.15) is 17.4 Å². The number of benzene rings is 1. The van der Waals surface area contributed by atoms with Gasteiger partial charge >= 0.3 is 12.0 Å². The van der Waals surface area contributed by atoms with Crippen molar-refractivity contribution >= 4 is 28.5 Å². The molecule has 2 aromatic rings. The molecule has 0 atom stereocenters. The first-order chi connectivity index (χ1) is 17.2. The largest absolute Gasteiger partial charge is 0.477 e. The fourth-order valence-electron chi connectivity index (χ4n) is 3.73. The highest BCUT2D eigenvalue weighted by Gasteiger charge is 2.25. The van der Waals surface area contributed by atoms with E-state index in [1.54, 1.807) is 0 Å². The lowest BCUT2D eigenvalue weighted by Gasteiger charge is -2.32. The molecule has 0 unspecified atom stereocenters. The average Bonchev–Trinajstić information content (AvgIpc) is 3.23. The van der Waals surface area contributed by atoms with E-state index in [0.29, 0.717) is 18.1 Å². The van der Waals surface area contributed by atoms with Crippen molar-refractivity contribution in [2.75, 3.05) is 51.6 Å². The van der Waals surface area contributed by atoms with Crippen molar-refractivity contribution in [3.8, 4) is 5.88 Å². The van der Waals surface area contributed by atoms with Crippen LogP contribution in [0.15, 0.2) is 6.07 Å². The third-order valence-corrected chi connectivity index (χ3v) is 6.67. The Balaban J connectivity index is 1.46. The summed E-state index contributed by atoms with van der Waals surface area (Å²) in [5, 5.41) is 14.5. The first-order valence-corrected chi connectivity index (χ1v) is 12.4. The van der Waals surface area contributed by atoms with E-state index in [0.717, 1.165) is 58.1 Å². The highest BCUT2D eigenvalue weighted by Crippen LogP contribution is 2.31. The number of rotatable bonds is 11. The molecule has 3 N–H and O–H groups in total. The number of hydrogen-bond donors (Lipinski definition) is 3. The Kier molecular flexibility index (Phi) is 9.90.